The third-order valence-corrected chi connectivity index (χ3v) is 4.87. The van der Waals surface area contributed by atoms with Crippen LogP contribution >= 0.6 is 0 Å². The van der Waals surface area contributed by atoms with Crippen molar-refractivity contribution in [1.29, 1.82) is 5.26 Å². The van der Waals surface area contributed by atoms with Gasteiger partial charge in [0.1, 0.15) is 11.8 Å². The molecular weight excluding hydrogens is 404 g/mol. The molecule has 0 saturated heterocycles. The standard InChI is InChI=1S/C23H22N8O/c1-29(2)23-26-10-11-30(23)19-8-6-17(7-9-19)27-22(32)21-13-18(15-25)28-31(21)20-5-3-4-16(12-20)14-24/h3-13H,14,24H2,1-2H3,(H,27,32). The molecule has 0 aliphatic rings. The Morgan fingerprint density at radius 1 is 1.16 bits per heavy atom. The monoisotopic (exact) mass is 426 g/mol. The van der Waals surface area contributed by atoms with Crippen LogP contribution in [0.3, 0.4) is 0 Å². The van der Waals surface area contributed by atoms with E-state index in [0.717, 1.165) is 17.2 Å². The van der Waals surface area contributed by atoms with Gasteiger partial charge in [-0.15, -0.1) is 0 Å². The number of nitrogens with zero attached hydrogens (tertiary/aromatic N) is 6. The number of benzene rings is 2. The Morgan fingerprint density at radius 3 is 2.62 bits per heavy atom. The Bertz CT molecular complexity index is 1290. The Morgan fingerprint density at radius 2 is 1.94 bits per heavy atom. The van der Waals surface area contributed by atoms with E-state index in [1.807, 2.05) is 84.4 Å². The molecular formula is C23H22N8O. The fraction of sp³-hybridized carbons (Fsp3) is 0.130. The lowest BCUT2D eigenvalue weighted by molar-refractivity contribution is 0.101. The number of anilines is 2. The Kier molecular flexibility index (Phi) is 5.70. The van der Waals surface area contributed by atoms with Gasteiger partial charge in [0.15, 0.2) is 5.69 Å². The van der Waals surface area contributed by atoms with E-state index in [1.54, 1.807) is 6.20 Å². The summed E-state index contributed by atoms with van der Waals surface area (Å²) in [5.41, 5.74) is 9.23. The van der Waals surface area contributed by atoms with E-state index in [0.29, 0.717) is 17.9 Å². The van der Waals surface area contributed by atoms with Gasteiger partial charge in [-0.25, -0.2) is 9.67 Å². The zero-order valence-electron chi connectivity index (χ0n) is 17.7. The molecule has 4 aromatic rings. The number of aromatic nitrogens is 4. The largest absolute Gasteiger partial charge is 0.348 e. The van der Waals surface area contributed by atoms with Crippen molar-refractivity contribution in [2.75, 3.05) is 24.3 Å². The summed E-state index contributed by atoms with van der Waals surface area (Å²) in [6.45, 7) is 0.362. The van der Waals surface area contributed by atoms with Crippen LogP contribution in [0.4, 0.5) is 11.6 Å². The van der Waals surface area contributed by atoms with Crippen LogP contribution in [0.15, 0.2) is 67.0 Å². The molecule has 0 saturated carbocycles. The number of carbonyl (C=O) groups is 1. The topological polar surface area (TPSA) is 118 Å². The number of amides is 1. The van der Waals surface area contributed by atoms with Crippen LogP contribution in [0.2, 0.25) is 0 Å². The quantitative estimate of drug-likeness (QED) is 0.489. The van der Waals surface area contributed by atoms with Crippen LogP contribution in [0.1, 0.15) is 21.7 Å². The molecule has 0 unspecified atom stereocenters. The van der Waals surface area contributed by atoms with Crippen LogP contribution in [-0.2, 0) is 6.54 Å². The highest BCUT2D eigenvalue weighted by Crippen LogP contribution is 2.20. The highest BCUT2D eigenvalue weighted by atomic mass is 16.2. The number of rotatable bonds is 6. The smallest absolute Gasteiger partial charge is 0.274 e. The maximum Gasteiger partial charge on any atom is 0.274 e. The Balaban J connectivity index is 1.60. The normalized spacial score (nSPS) is 10.6. The molecule has 0 radical (unpaired) electrons. The Hall–Kier alpha value is -4.42. The molecule has 3 N–H and O–H groups in total. The molecule has 0 fully saturated rings. The van der Waals surface area contributed by atoms with E-state index >= 15 is 0 Å². The van der Waals surface area contributed by atoms with Crippen molar-refractivity contribution in [3.8, 4) is 17.4 Å². The van der Waals surface area contributed by atoms with Crippen LogP contribution in [0.25, 0.3) is 11.4 Å². The number of nitrogens with two attached hydrogens (primary N) is 1. The van der Waals surface area contributed by atoms with Crippen molar-refractivity contribution >= 4 is 17.5 Å². The third kappa shape index (κ3) is 4.08. The van der Waals surface area contributed by atoms with Gasteiger partial charge in [-0.1, -0.05) is 12.1 Å². The highest BCUT2D eigenvalue weighted by molar-refractivity contribution is 6.03. The van der Waals surface area contributed by atoms with Crippen LogP contribution in [0, 0.1) is 11.3 Å². The lowest BCUT2D eigenvalue weighted by Gasteiger charge is -2.14. The molecule has 2 aromatic heterocycles. The third-order valence-electron chi connectivity index (χ3n) is 4.87. The fourth-order valence-electron chi connectivity index (χ4n) is 3.34. The zero-order chi connectivity index (χ0) is 22.7. The maximum absolute atomic E-state index is 13.0. The molecule has 9 heteroatoms. The van der Waals surface area contributed by atoms with Crippen molar-refractivity contribution in [2.45, 2.75) is 6.54 Å². The van der Waals surface area contributed by atoms with E-state index < -0.39 is 0 Å². The number of imidazole rings is 1. The van der Waals surface area contributed by atoms with Gasteiger partial charge >= 0.3 is 0 Å². The van der Waals surface area contributed by atoms with Gasteiger partial charge in [0, 0.05) is 50.5 Å². The van der Waals surface area contributed by atoms with Crippen LogP contribution in [-0.4, -0.2) is 39.3 Å². The van der Waals surface area contributed by atoms with E-state index in [4.69, 9.17) is 5.73 Å². The summed E-state index contributed by atoms with van der Waals surface area (Å²) in [4.78, 5) is 19.3. The van der Waals surface area contributed by atoms with Crippen LogP contribution < -0.4 is 16.0 Å². The molecule has 160 valence electrons. The minimum absolute atomic E-state index is 0.153. The summed E-state index contributed by atoms with van der Waals surface area (Å²) >= 11 is 0. The van der Waals surface area contributed by atoms with Gasteiger partial charge in [0.25, 0.3) is 5.91 Å². The molecule has 0 spiro atoms. The van der Waals surface area contributed by atoms with Gasteiger partial charge in [-0.3, -0.25) is 9.36 Å². The van der Waals surface area contributed by atoms with Gasteiger partial charge in [0.2, 0.25) is 5.95 Å². The lowest BCUT2D eigenvalue weighted by atomic mass is 10.2. The molecule has 0 atom stereocenters. The van der Waals surface area contributed by atoms with E-state index in [1.165, 1.54) is 10.7 Å². The van der Waals surface area contributed by atoms with Gasteiger partial charge < -0.3 is 16.0 Å². The molecule has 1 amide bonds. The summed E-state index contributed by atoms with van der Waals surface area (Å²) in [5, 5.41) is 16.4. The summed E-state index contributed by atoms with van der Waals surface area (Å²) < 4.78 is 3.40. The first-order valence-corrected chi connectivity index (χ1v) is 9.92. The number of carbonyl (C=O) groups excluding carboxylic acids is 1. The average molecular weight is 426 g/mol. The molecule has 4 rings (SSSR count). The summed E-state index contributed by atoms with van der Waals surface area (Å²) in [7, 11) is 3.85. The summed E-state index contributed by atoms with van der Waals surface area (Å²) in [6.07, 6.45) is 3.61. The first-order chi connectivity index (χ1) is 15.5. The average Bonchev–Trinajstić information content (AvgIpc) is 3.47. The molecule has 2 aromatic carbocycles. The van der Waals surface area contributed by atoms with Crippen molar-refractivity contribution in [1.82, 2.24) is 19.3 Å². The highest BCUT2D eigenvalue weighted by Gasteiger charge is 2.17. The van der Waals surface area contributed by atoms with E-state index in [2.05, 4.69) is 15.4 Å². The van der Waals surface area contributed by atoms with Crippen molar-refractivity contribution in [3.05, 3.63) is 83.9 Å². The number of hydrogen-bond donors (Lipinski definition) is 2. The first kappa shape index (κ1) is 20.8. The van der Waals surface area contributed by atoms with Crippen LogP contribution in [0.5, 0.6) is 0 Å². The SMILES string of the molecule is CN(C)c1nccn1-c1ccc(NC(=O)c2cc(C#N)nn2-c2cccc(CN)c2)cc1. The van der Waals surface area contributed by atoms with E-state index in [-0.39, 0.29) is 17.3 Å². The molecule has 0 aliphatic carbocycles. The predicted octanol–water partition coefficient (Wildman–Crippen LogP) is 2.71. The zero-order valence-corrected chi connectivity index (χ0v) is 17.7. The molecule has 0 bridgehead atoms. The number of nitrogens with one attached hydrogen (secondary N) is 1. The molecule has 9 nitrogen and oxygen atoms in total. The maximum atomic E-state index is 13.0. The van der Waals surface area contributed by atoms with Gasteiger partial charge in [-0.05, 0) is 42.0 Å². The summed E-state index contributed by atoms with van der Waals surface area (Å²) in [6, 6.07) is 18.3. The Labute approximate surface area is 185 Å². The first-order valence-electron chi connectivity index (χ1n) is 9.92. The number of hydrogen-bond acceptors (Lipinski definition) is 6. The predicted molar refractivity (Wildman–Crippen MR) is 122 cm³/mol. The van der Waals surface area contributed by atoms with Crippen molar-refractivity contribution in [2.24, 2.45) is 5.73 Å². The molecule has 2 heterocycles. The second-order valence-corrected chi connectivity index (χ2v) is 7.31. The summed E-state index contributed by atoms with van der Waals surface area (Å²) in [5.74, 6) is 0.427. The second-order valence-electron chi connectivity index (χ2n) is 7.31. The lowest BCUT2D eigenvalue weighted by Crippen LogP contribution is -2.17. The fourth-order valence-corrected chi connectivity index (χ4v) is 3.34. The van der Waals surface area contributed by atoms with Gasteiger partial charge in [0.05, 0.1) is 5.69 Å². The minimum atomic E-state index is -0.374. The molecule has 0 aliphatic heterocycles. The second kappa shape index (κ2) is 8.75. The van der Waals surface area contributed by atoms with Gasteiger partial charge in [-0.2, -0.15) is 10.4 Å². The van der Waals surface area contributed by atoms with Crippen molar-refractivity contribution < 1.29 is 4.79 Å². The molecule has 32 heavy (non-hydrogen) atoms. The minimum Gasteiger partial charge on any atom is -0.348 e. The van der Waals surface area contributed by atoms with Crippen molar-refractivity contribution in [3.63, 3.8) is 0 Å². The van der Waals surface area contributed by atoms with E-state index in [9.17, 15) is 10.1 Å². The number of nitriles is 1.